The van der Waals surface area contributed by atoms with E-state index in [1.807, 2.05) is 13.0 Å². The first kappa shape index (κ1) is 14.6. The van der Waals surface area contributed by atoms with Gasteiger partial charge in [-0.3, -0.25) is 9.69 Å². The van der Waals surface area contributed by atoms with Crippen molar-refractivity contribution in [2.75, 3.05) is 6.54 Å². The summed E-state index contributed by atoms with van der Waals surface area (Å²) in [4.78, 5) is 22.2. The Bertz CT molecular complexity index is 810. The first-order chi connectivity index (χ1) is 11.1. The van der Waals surface area contributed by atoms with Gasteiger partial charge in [0.05, 0.1) is 11.3 Å². The molecule has 0 radical (unpaired) electrons. The van der Waals surface area contributed by atoms with Crippen molar-refractivity contribution in [3.8, 4) is 0 Å². The van der Waals surface area contributed by atoms with E-state index in [1.165, 1.54) is 6.07 Å². The average molecular weight is 313 g/mol. The largest absolute Gasteiger partial charge is 0.310 e. The summed E-state index contributed by atoms with van der Waals surface area (Å²) in [5, 5.41) is 0. The molecule has 0 unspecified atom stereocenters. The number of aryl methyl sites for hydroxylation is 1. The number of hydrogen-bond donors (Lipinski definition) is 1. The number of nitrogens with one attached hydrogen (secondary N) is 1. The molecule has 2 aromatic rings. The molecule has 23 heavy (non-hydrogen) atoms. The molecule has 2 aliphatic rings. The van der Waals surface area contributed by atoms with E-state index in [-0.39, 0.29) is 11.4 Å². The Kier molecular flexibility index (Phi) is 3.53. The normalized spacial score (nSPS) is 18.0. The summed E-state index contributed by atoms with van der Waals surface area (Å²) < 4.78 is 13.2. The van der Waals surface area contributed by atoms with Gasteiger partial charge in [0, 0.05) is 32.0 Å². The fourth-order valence-electron chi connectivity index (χ4n) is 3.26. The van der Waals surface area contributed by atoms with E-state index in [2.05, 4.69) is 14.9 Å². The first-order valence-corrected chi connectivity index (χ1v) is 8.19. The van der Waals surface area contributed by atoms with Gasteiger partial charge in [-0.1, -0.05) is 6.07 Å². The summed E-state index contributed by atoms with van der Waals surface area (Å²) in [7, 11) is 0. The summed E-state index contributed by atoms with van der Waals surface area (Å²) >= 11 is 0. The molecule has 120 valence electrons. The molecule has 1 aliphatic carbocycles. The summed E-state index contributed by atoms with van der Waals surface area (Å²) in [5.74, 6) is 1.13. The van der Waals surface area contributed by atoms with Crippen molar-refractivity contribution in [3.63, 3.8) is 0 Å². The Labute approximate surface area is 134 Å². The Morgan fingerprint density at radius 3 is 2.96 bits per heavy atom. The molecule has 1 aromatic carbocycles. The molecule has 1 saturated carbocycles. The van der Waals surface area contributed by atoms with Gasteiger partial charge in [-0.15, -0.1) is 0 Å². The minimum absolute atomic E-state index is 0.0115. The molecule has 1 fully saturated rings. The van der Waals surface area contributed by atoms with Crippen LogP contribution in [0.25, 0.3) is 0 Å². The van der Waals surface area contributed by atoms with Crippen LogP contribution in [0.3, 0.4) is 0 Å². The van der Waals surface area contributed by atoms with E-state index in [1.54, 1.807) is 6.07 Å². The predicted octanol–water partition coefficient (Wildman–Crippen LogP) is 2.65. The standard InChI is InChI=1S/C18H20FN3O/c1-11-8-14(19)5-4-13(11)9-22-7-6-16-15(10-22)18(23)21-17(20-16)12-2-3-12/h4-5,8,12H,2-3,6-7,9-10H2,1H3,(H,20,21,23). The Hall–Kier alpha value is -2.01. The van der Waals surface area contributed by atoms with E-state index in [4.69, 9.17) is 0 Å². The molecule has 0 saturated heterocycles. The van der Waals surface area contributed by atoms with Gasteiger partial charge in [0.25, 0.3) is 5.56 Å². The number of aromatic nitrogens is 2. The first-order valence-electron chi connectivity index (χ1n) is 8.19. The number of halogens is 1. The number of aromatic amines is 1. The van der Waals surface area contributed by atoms with Gasteiger partial charge >= 0.3 is 0 Å². The third-order valence-electron chi connectivity index (χ3n) is 4.83. The molecule has 1 aliphatic heterocycles. The van der Waals surface area contributed by atoms with Gasteiger partial charge in [0.1, 0.15) is 11.6 Å². The lowest BCUT2D eigenvalue weighted by atomic mass is 10.0. The third kappa shape index (κ3) is 2.93. The van der Waals surface area contributed by atoms with E-state index in [0.29, 0.717) is 12.5 Å². The lowest BCUT2D eigenvalue weighted by Crippen LogP contribution is -2.35. The molecule has 0 amide bonds. The highest BCUT2D eigenvalue weighted by Crippen LogP contribution is 2.37. The van der Waals surface area contributed by atoms with Crippen LogP contribution in [0.1, 0.15) is 47.0 Å². The smallest absolute Gasteiger partial charge is 0.255 e. The molecule has 0 bridgehead atoms. The minimum Gasteiger partial charge on any atom is -0.310 e. The van der Waals surface area contributed by atoms with Crippen LogP contribution in [0.4, 0.5) is 4.39 Å². The number of hydrogen-bond acceptors (Lipinski definition) is 3. The molecule has 1 aromatic heterocycles. The van der Waals surface area contributed by atoms with E-state index < -0.39 is 0 Å². The number of H-pyrrole nitrogens is 1. The zero-order valence-electron chi connectivity index (χ0n) is 13.2. The monoisotopic (exact) mass is 313 g/mol. The summed E-state index contributed by atoms with van der Waals surface area (Å²) in [6.07, 6.45) is 3.08. The summed E-state index contributed by atoms with van der Waals surface area (Å²) in [6, 6.07) is 4.89. The number of fused-ring (bicyclic) bond motifs is 1. The van der Waals surface area contributed by atoms with Gasteiger partial charge < -0.3 is 4.98 Å². The van der Waals surface area contributed by atoms with Gasteiger partial charge in [-0.25, -0.2) is 9.37 Å². The zero-order valence-corrected chi connectivity index (χ0v) is 13.2. The molecular weight excluding hydrogens is 293 g/mol. The second kappa shape index (κ2) is 5.57. The maximum Gasteiger partial charge on any atom is 0.255 e. The highest BCUT2D eigenvalue weighted by Gasteiger charge is 2.29. The van der Waals surface area contributed by atoms with E-state index in [0.717, 1.165) is 60.6 Å². The van der Waals surface area contributed by atoms with E-state index >= 15 is 0 Å². The van der Waals surface area contributed by atoms with Crippen LogP contribution in [0.2, 0.25) is 0 Å². The molecule has 0 spiro atoms. The Morgan fingerprint density at radius 2 is 2.22 bits per heavy atom. The molecular formula is C18H20FN3O. The molecule has 1 N–H and O–H groups in total. The van der Waals surface area contributed by atoms with Crippen molar-refractivity contribution in [2.45, 2.75) is 45.2 Å². The highest BCUT2D eigenvalue weighted by atomic mass is 19.1. The number of benzene rings is 1. The zero-order chi connectivity index (χ0) is 16.0. The fourth-order valence-corrected chi connectivity index (χ4v) is 3.26. The van der Waals surface area contributed by atoms with E-state index in [9.17, 15) is 9.18 Å². The molecule has 5 heteroatoms. The number of rotatable bonds is 3. The molecule has 4 nitrogen and oxygen atoms in total. The quantitative estimate of drug-likeness (QED) is 0.948. The summed E-state index contributed by atoms with van der Waals surface area (Å²) in [6.45, 7) is 4.14. The van der Waals surface area contributed by atoms with Crippen LogP contribution in [0.5, 0.6) is 0 Å². The van der Waals surface area contributed by atoms with Crippen molar-refractivity contribution < 1.29 is 4.39 Å². The SMILES string of the molecule is Cc1cc(F)ccc1CN1CCc2nc(C3CC3)[nH]c(=O)c2C1. The number of nitrogens with zero attached hydrogens (tertiary/aromatic N) is 2. The Balaban J connectivity index is 1.55. The maximum atomic E-state index is 13.2. The van der Waals surface area contributed by atoms with Crippen LogP contribution in [-0.2, 0) is 19.5 Å². The molecule has 0 atom stereocenters. The van der Waals surface area contributed by atoms with Crippen molar-refractivity contribution >= 4 is 0 Å². The van der Waals surface area contributed by atoms with Crippen LogP contribution >= 0.6 is 0 Å². The molecule has 2 heterocycles. The van der Waals surface area contributed by atoms with Crippen LogP contribution in [-0.4, -0.2) is 21.4 Å². The van der Waals surface area contributed by atoms with Crippen molar-refractivity contribution in [3.05, 3.63) is 62.6 Å². The van der Waals surface area contributed by atoms with Crippen molar-refractivity contribution in [1.29, 1.82) is 0 Å². The van der Waals surface area contributed by atoms with Crippen molar-refractivity contribution in [1.82, 2.24) is 14.9 Å². The van der Waals surface area contributed by atoms with Gasteiger partial charge in [-0.2, -0.15) is 0 Å². The lowest BCUT2D eigenvalue weighted by molar-refractivity contribution is 0.241. The fraction of sp³-hybridized carbons (Fsp3) is 0.444. The second-order valence-electron chi connectivity index (χ2n) is 6.68. The van der Waals surface area contributed by atoms with Gasteiger partial charge in [0.2, 0.25) is 0 Å². The molecule has 4 rings (SSSR count). The topological polar surface area (TPSA) is 49.0 Å². The average Bonchev–Trinajstić information content (AvgIpc) is 3.35. The van der Waals surface area contributed by atoms with Gasteiger partial charge in [0.15, 0.2) is 0 Å². The second-order valence-corrected chi connectivity index (χ2v) is 6.68. The van der Waals surface area contributed by atoms with Crippen LogP contribution in [0.15, 0.2) is 23.0 Å². The Morgan fingerprint density at radius 1 is 1.39 bits per heavy atom. The van der Waals surface area contributed by atoms with Crippen molar-refractivity contribution in [2.24, 2.45) is 0 Å². The maximum absolute atomic E-state index is 13.2. The minimum atomic E-state index is -0.205. The highest BCUT2D eigenvalue weighted by molar-refractivity contribution is 5.28. The lowest BCUT2D eigenvalue weighted by Gasteiger charge is -2.28. The third-order valence-corrected chi connectivity index (χ3v) is 4.83. The predicted molar refractivity (Wildman–Crippen MR) is 85.8 cm³/mol. The van der Waals surface area contributed by atoms with Crippen LogP contribution < -0.4 is 5.56 Å². The van der Waals surface area contributed by atoms with Crippen LogP contribution in [0, 0.1) is 12.7 Å². The van der Waals surface area contributed by atoms with Gasteiger partial charge in [-0.05, 0) is 43.0 Å². The summed E-state index contributed by atoms with van der Waals surface area (Å²) in [5.41, 5.74) is 3.82.